The molecule has 1 fully saturated rings. The highest BCUT2D eigenvalue weighted by atomic mass is 16.5. The minimum absolute atomic E-state index is 0.121. The molecule has 0 saturated carbocycles. The molecule has 1 aromatic heterocycles. The van der Waals surface area contributed by atoms with Crippen molar-refractivity contribution in [3.05, 3.63) is 48.2 Å². The molecule has 3 rings (SSSR count). The summed E-state index contributed by atoms with van der Waals surface area (Å²) in [5, 5.41) is 2.93. The van der Waals surface area contributed by atoms with Crippen LogP contribution in [0.4, 0.5) is 11.5 Å². The van der Waals surface area contributed by atoms with Crippen LogP contribution in [0.25, 0.3) is 0 Å². The van der Waals surface area contributed by atoms with Gasteiger partial charge < -0.3 is 19.7 Å². The van der Waals surface area contributed by atoms with Crippen LogP contribution in [0.3, 0.4) is 0 Å². The Morgan fingerprint density at radius 1 is 1.31 bits per heavy atom. The fourth-order valence-corrected chi connectivity index (χ4v) is 2.82. The second-order valence-electron chi connectivity index (χ2n) is 6.55. The van der Waals surface area contributed by atoms with Gasteiger partial charge in [0, 0.05) is 32.5 Å². The number of amides is 1. The van der Waals surface area contributed by atoms with Crippen LogP contribution in [-0.2, 0) is 4.74 Å². The molecule has 1 N–H and O–H groups in total. The van der Waals surface area contributed by atoms with E-state index in [9.17, 15) is 4.79 Å². The average Bonchev–Trinajstić information content (AvgIpc) is 2.68. The molecule has 1 aliphatic rings. The van der Waals surface area contributed by atoms with E-state index in [4.69, 9.17) is 9.47 Å². The van der Waals surface area contributed by atoms with Gasteiger partial charge in [-0.1, -0.05) is 12.1 Å². The van der Waals surface area contributed by atoms with Crippen LogP contribution in [0, 0.1) is 0 Å². The Bertz CT molecular complexity index is 743. The van der Waals surface area contributed by atoms with Crippen LogP contribution >= 0.6 is 0 Å². The second-order valence-corrected chi connectivity index (χ2v) is 6.55. The van der Waals surface area contributed by atoms with Crippen LogP contribution in [0.1, 0.15) is 29.6 Å². The number of rotatable bonds is 6. The third-order valence-electron chi connectivity index (χ3n) is 4.30. The largest absolute Gasteiger partial charge is 0.489 e. The number of hydrogen-bond donors (Lipinski definition) is 1. The maximum absolute atomic E-state index is 12.6. The number of anilines is 2. The Morgan fingerprint density at radius 3 is 2.92 bits per heavy atom. The van der Waals surface area contributed by atoms with E-state index >= 15 is 0 Å². The Balaban J connectivity index is 1.67. The first-order valence-corrected chi connectivity index (χ1v) is 8.91. The Morgan fingerprint density at radius 2 is 2.15 bits per heavy atom. The van der Waals surface area contributed by atoms with Gasteiger partial charge in [-0.15, -0.1) is 0 Å². The highest BCUT2D eigenvalue weighted by Gasteiger charge is 2.16. The topological polar surface area (TPSA) is 63.7 Å². The highest BCUT2D eigenvalue weighted by Crippen LogP contribution is 2.26. The van der Waals surface area contributed by atoms with Crippen molar-refractivity contribution in [2.45, 2.75) is 25.4 Å². The van der Waals surface area contributed by atoms with Crippen LogP contribution in [-0.4, -0.2) is 44.3 Å². The molecule has 0 radical (unpaired) electrons. The molecule has 1 saturated heterocycles. The first kappa shape index (κ1) is 18.2. The van der Waals surface area contributed by atoms with Gasteiger partial charge >= 0.3 is 0 Å². The van der Waals surface area contributed by atoms with E-state index in [1.165, 1.54) is 6.42 Å². The summed E-state index contributed by atoms with van der Waals surface area (Å²) in [6.45, 7) is 1.29. The minimum Gasteiger partial charge on any atom is -0.489 e. The van der Waals surface area contributed by atoms with E-state index < -0.39 is 0 Å². The lowest BCUT2D eigenvalue weighted by Crippen LogP contribution is -2.26. The van der Waals surface area contributed by atoms with Crippen molar-refractivity contribution in [1.82, 2.24) is 4.98 Å². The van der Waals surface area contributed by atoms with Crippen LogP contribution in [0.15, 0.2) is 42.6 Å². The zero-order valence-corrected chi connectivity index (χ0v) is 15.3. The van der Waals surface area contributed by atoms with Crippen LogP contribution in [0.2, 0.25) is 0 Å². The Labute approximate surface area is 154 Å². The minimum atomic E-state index is -0.194. The SMILES string of the molecule is CN(C)c1cc(C(=O)Nc2ccccc2OC[C@@H]2CCCCO2)ccn1. The highest BCUT2D eigenvalue weighted by molar-refractivity contribution is 6.05. The van der Waals surface area contributed by atoms with Crippen molar-refractivity contribution in [2.75, 3.05) is 37.5 Å². The number of carbonyl (C=O) groups is 1. The number of pyridine rings is 1. The Hall–Kier alpha value is -2.60. The lowest BCUT2D eigenvalue weighted by molar-refractivity contribution is -0.0109. The number of para-hydroxylation sites is 2. The molecule has 0 aliphatic carbocycles. The van der Waals surface area contributed by atoms with Gasteiger partial charge in [0.2, 0.25) is 0 Å². The van der Waals surface area contributed by atoms with Gasteiger partial charge in [-0.3, -0.25) is 4.79 Å². The van der Waals surface area contributed by atoms with Gasteiger partial charge in [0.05, 0.1) is 11.8 Å². The number of nitrogens with zero attached hydrogens (tertiary/aromatic N) is 2. The van der Waals surface area contributed by atoms with E-state index in [1.807, 2.05) is 43.3 Å². The zero-order chi connectivity index (χ0) is 18.4. The number of aromatic nitrogens is 1. The third kappa shape index (κ3) is 4.73. The molecule has 0 unspecified atom stereocenters. The normalized spacial score (nSPS) is 16.8. The summed E-state index contributed by atoms with van der Waals surface area (Å²) in [5.74, 6) is 1.19. The van der Waals surface area contributed by atoms with Gasteiger partial charge in [0.1, 0.15) is 18.2 Å². The summed E-state index contributed by atoms with van der Waals surface area (Å²) < 4.78 is 11.6. The van der Waals surface area contributed by atoms with Crippen molar-refractivity contribution in [3.63, 3.8) is 0 Å². The van der Waals surface area contributed by atoms with Crippen LogP contribution in [0.5, 0.6) is 5.75 Å². The number of carbonyl (C=O) groups excluding carboxylic acids is 1. The molecule has 138 valence electrons. The van der Waals surface area contributed by atoms with Gasteiger partial charge in [-0.25, -0.2) is 4.98 Å². The van der Waals surface area contributed by atoms with E-state index in [0.29, 0.717) is 23.6 Å². The fraction of sp³-hybridized carbons (Fsp3) is 0.400. The quantitative estimate of drug-likeness (QED) is 0.861. The molecule has 26 heavy (non-hydrogen) atoms. The molecule has 1 aliphatic heterocycles. The van der Waals surface area contributed by atoms with Crippen molar-refractivity contribution in [2.24, 2.45) is 0 Å². The summed E-state index contributed by atoms with van der Waals surface area (Å²) in [6, 6.07) is 10.9. The van der Waals surface area contributed by atoms with Crippen molar-refractivity contribution in [3.8, 4) is 5.75 Å². The van der Waals surface area contributed by atoms with E-state index in [0.717, 1.165) is 25.3 Å². The molecule has 1 amide bonds. The number of nitrogens with one attached hydrogen (secondary N) is 1. The van der Waals surface area contributed by atoms with Gasteiger partial charge in [0.25, 0.3) is 5.91 Å². The molecule has 1 aromatic carbocycles. The lowest BCUT2D eigenvalue weighted by atomic mass is 10.1. The fourth-order valence-electron chi connectivity index (χ4n) is 2.82. The van der Waals surface area contributed by atoms with Gasteiger partial charge in [0.15, 0.2) is 0 Å². The maximum Gasteiger partial charge on any atom is 0.255 e. The van der Waals surface area contributed by atoms with Gasteiger partial charge in [-0.05, 0) is 43.5 Å². The van der Waals surface area contributed by atoms with E-state index in [2.05, 4.69) is 10.3 Å². The monoisotopic (exact) mass is 355 g/mol. The molecular formula is C20H25N3O3. The molecular weight excluding hydrogens is 330 g/mol. The molecule has 1 atom stereocenters. The standard InChI is InChI=1S/C20H25N3O3/c1-23(2)19-13-15(10-11-21-19)20(24)22-17-8-3-4-9-18(17)26-14-16-7-5-6-12-25-16/h3-4,8-11,13,16H,5-7,12,14H2,1-2H3,(H,22,24)/t16-/m0/s1. The second kappa shape index (κ2) is 8.67. The predicted molar refractivity (Wildman–Crippen MR) is 102 cm³/mol. The predicted octanol–water partition coefficient (Wildman–Crippen LogP) is 3.35. The molecule has 6 heteroatoms. The first-order chi connectivity index (χ1) is 12.6. The summed E-state index contributed by atoms with van der Waals surface area (Å²) in [5.41, 5.74) is 1.20. The van der Waals surface area contributed by atoms with E-state index in [1.54, 1.807) is 18.3 Å². The molecule has 0 bridgehead atoms. The van der Waals surface area contributed by atoms with Crippen molar-refractivity contribution < 1.29 is 14.3 Å². The third-order valence-corrected chi connectivity index (χ3v) is 4.30. The summed E-state index contributed by atoms with van der Waals surface area (Å²) in [7, 11) is 3.78. The Kier molecular flexibility index (Phi) is 6.07. The zero-order valence-electron chi connectivity index (χ0n) is 15.3. The lowest BCUT2D eigenvalue weighted by Gasteiger charge is -2.23. The van der Waals surface area contributed by atoms with Crippen molar-refractivity contribution in [1.29, 1.82) is 0 Å². The summed E-state index contributed by atoms with van der Waals surface area (Å²) in [4.78, 5) is 18.7. The van der Waals surface area contributed by atoms with Crippen LogP contribution < -0.4 is 15.0 Å². The average molecular weight is 355 g/mol. The smallest absolute Gasteiger partial charge is 0.255 e. The molecule has 2 heterocycles. The van der Waals surface area contributed by atoms with Crippen molar-refractivity contribution >= 4 is 17.4 Å². The van der Waals surface area contributed by atoms with Gasteiger partial charge in [-0.2, -0.15) is 0 Å². The number of ether oxygens (including phenoxy) is 2. The summed E-state index contributed by atoms with van der Waals surface area (Å²) >= 11 is 0. The number of benzene rings is 1. The molecule has 2 aromatic rings. The summed E-state index contributed by atoms with van der Waals surface area (Å²) in [6.07, 6.45) is 5.05. The molecule has 6 nitrogen and oxygen atoms in total. The number of hydrogen-bond acceptors (Lipinski definition) is 5. The molecule has 0 spiro atoms. The first-order valence-electron chi connectivity index (χ1n) is 8.91. The maximum atomic E-state index is 12.6. The van der Waals surface area contributed by atoms with E-state index in [-0.39, 0.29) is 12.0 Å².